The molecule has 1 aliphatic heterocycles. The lowest BCUT2D eigenvalue weighted by Crippen LogP contribution is -2.12. The highest BCUT2D eigenvalue weighted by molar-refractivity contribution is 7.98. The number of thioether (sulfide) groups is 1. The molecule has 2 rings (SSSR count). The maximum absolute atomic E-state index is 11.2. The molecule has 0 saturated heterocycles. The summed E-state index contributed by atoms with van der Waals surface area (Å²) in [5.41, 5.74) is 7.49. The predicted molar refractivity (Wildman–Crippen MR) is 52.8 cm³/mol. The average molecular weight is 211 g/mol. The third-order valence-electron chi connectivity index (χ3n) is 1.98. The Morgan fingerprint density at radius 1 is 1.50 bits per heavy atom. The molecule has 5 nitrogen and oxygen atoms in total. The second-order valence-electron chi connectivity index (χ2n) is 2.84. The normalized spacial score (nSPS) is 13.8. The molecule has 0 spiro atoms. The van der Waals surface area contributed by atoms with Gasteiger partial charge in [-0.2, -0.15) is 11.8 Å². The van der Waals surface area contributed by atoms with Gasteiger partial charge >= 0.3 is 5.97 Å². The van der Waals surface area contributed by atoms with Crippen LogP contribution in [-0.2, 0) is 16.2 Å². The van der Waals surface area contributed by atoms with Gasteiger partial charge in [0.25, 0.3) is 0 Å². The second kappa shape index (κ2) is 3.45. The van der Waals surface area contributed by atoms with Crippen LogP contribution in [0, 0.1) is 0 Å². The summed E-state index contributed by atoms with van der Waals surface area (Å²) in [6, 6.07) is 0. The highest BCUT2D eigenvalue weighted by Crippen LogP contribution is 2.31. The van der Waals surface area contributed by atoms with E-state index in [0.29, 0.717) is 5.82 Å². The lowest BCUT2D eigenvalue weighted by molar-refractivity contribution is 0.0586. The summed E-state index contributed by atoms with van der Waals surface area (Å²) in [4.78, 5) is 19.1. The number of anilines is 1. The summed E-state index contributed by atoms with van der Waals surface area (Å²) in [6.07, 6.45) is 0. The smallest absolute Gasteiger partial charge is 0.376 e. The van der Waals surface area contributed by atoms with Crippen molar-refractivity contribution in [1.29, 1.82) is 0 Å². The fourth-order valence-corrected chi connectivity index (χ4v) is 2.31. The first kappa shape index (κ1) is 9.26. The summed E-state index contributed by atoms with van der Waals surface area (Å²) in [6.45, 7) is 0. The molecule has 74 valence electrons. The average Bonchev–Trinajstić information content (AvgIpc) is 2.64. The number of ether oxygens (including phenoxy) is 1. The Hall–Kier alpha value is -1.30. The summed E-state index contributed by atoms with van der Waals surface area (Å²) in [7, 11) is 1.30. The van der Waals surface area contributed by atoms with Gasteiger partial charge in [-0.05, 0) is 0 Å². The van der Waals surface area contributed by atoms with Crippen LogP contribution >= 0.6 is 11.8 Å². The minimum Gasteiger partial charge on any atom is -0.463 e. The molecule has 1 aliphatic rings. The van der Waals surface area contributed by atoms with Crippen molar-refractivity contribution >= 4 is 23.5 Å². The highest BCUT2D eigenvalue weighted by Gasteiger charge is 2.20. The Morgan fingerprint density at radius 2 is 2.29 bits per heavy atom. The Morgan fingerprint density at radius 3 is 3.00 bits per heavy atom. The molecule has 2 N–H and O–H groups in total. The molecule has 0 aromatic carbocycles. The van der Waals surface area contributed by atoms with Crippen LogP contribution in [0.25, 0.3) is 0 Å². The number of nitrogen functional groups attached to an aromatic ring is 1. The Bertz CT molecular complexity index is 394. The molecule has 1 aromatic rings. The van der Waals surface area contributed by atoms with Gasteiger partial charge in [-0.15, -0.1) is 0 Å². The summed E-state index contributed by atoms with van der Waals surface area (Å²) in [5, 5.41) is 0. The monoisotopic (exact) mass is 211 g/mol. The van der Waals surface area contributed by atoms with Gasteiger partial charge in [0, 0.05) is 17.1 Å². The van der Waals surface area contributed by atoms with E-state index in [4.69, 9.17) is 5.73 Å². The fourth-order valence-electron chi connectivity index (χ4n) is 1.26. The molecule has 0 amide bonds. The number of hydrogen-bond acceptors (Lipinski definition) is 6. The van der Waals surface area contributed by atoms with Gasteiger partial charge in [0.15, 0.2) is 0 Å². The van der Waals surface area contributed by atoms with Crippen LogP contribution in [0.1, 0.15) is 21.9 Å². The van der Waals surface area contributed by atoms with E-state index >= 15 is 0 Å². The number of rotatable bonds is 1. The fraction of sp³-hybridized carbons (Fsp3) is 0.375. The molecule has 14 heavy (non-hydrogen) atoms. The van der Waals surface area contributed by atoms with Crippen molar-refractivity contribution in [3.05, 3.63) is 17.1 Å². The van der Waals surface area contributed by atoms with Crippen LogP contribution in [0.3, 0.4) is 0 Å². The van der Waals surface area contributed by atoms with Gasteiger partial charge in [0.1, 0.15) is 5.82 Å². The molecule has 0 aliphatic carbocycles. The molecule has 1 aromatic heterocycles. The molecule has 0 bridgehead atoms. The zero-order valence-corrected chi connectivity index (χ0v) is 8.43. The zero-order chi connectivity index (χ0) is 10.1. The summed E-state index contributed by atoms with van der Waals surface area (Å²) >= 11 is 1.71. The number of fused-ring (bicyclic) bond motifs is 1. The third-order valence-corrected chi connectivity index (χ3v) is 2.95. The standard InChI is InChI=1S/C8H9N3O2S/c1-13-8(12)7-10-5-3-14-2-4(5)6(9)11-7/h2-3H2,1H3,(H2,9,10,11). The number of esters is 1. The summed E-state index contributed by atoms with van der Waals surface area (Å²) in [5.74, 6) is 1.50. The Kier molecular flexibility index (Phi) is 2.28. The van der Waals surface area contributed by atoms with Crippen molar-refractivity contribution in [2.45, 2.75) is 11.5 Å². The van der Waals surface area contributed by atoms with Crippen LogP contribution in [0.15, 0.2) is 0 Å². The van der Waals surface area contributed by atoms with Crippen molar-refractivity contribution < 1.29 is 9.53 Å². The van der Waals surface area contributed by atoms with Crippen LogP contribution in [0.2, 0.25) is 0 Å². The molecule has 0 radical (unpaired) electrons. The van der Waals surface area contributed by atoms with Gasteiger partial charge in [0.05, 0.1) is 12.8 Å². The lowest BCUT2D eigenvalue weighted by Gasteiger charge is -2.03. The Balaban J connectivity index is 2.46. The Labute approximate surface area is 85.1 Å². The molecule has 6 heteroatoms. The number of carbonyl (C=O) groups is 1. The van der Waals surface area contributed by atoms with E-state index in [-0.39, 0.29) is 5.82 Å². The van der Waals surface area contributed by atoms with Crippen molar-refractivity contribution in [1.82, 2.24) is 9.97 Å². The minimum absolute atomic E-state index is 0.0475. The van der Waals surface area contributed by atoms with Crippen LogP contribution in [0.4, 0.5) is 5.82 Å². The van der Waals surface area contributed by atoms with Gasteiger partial charge in [-0.25, -0.2) is 14.8 Å². The molecule has 0 unspecified atom stereocenters. The van der Waals surface area contributed by atoms with Crippen LogP contribution in [0.5, 0.6) is 0 Å². The number of nitrogens with zero attached hydrogens (tertiary/aromatic N) is 2. The molecular weight excluding hydrogens is 202 g/mol. The van der Waals surface area contributed by atoms with Crippen molar-refractivity contribution in [3.8, 4) is 0 Å². The number of carbonyl (C=O) groups excluding carboxylic acids is 1. The molecule has 0 fully saturated rings. The second-order valence-corrected chi connectivity index (χ2v) is 3.83. The van der Waals surface area contributed by atoms with E-state index in [2.05, 4.69) is 14.7 Å². The largest absolute Gasteiger partial charge is 0.463 e. The quantitative estimate of drug-likeness (QED) is 0.685. The first-order valence-corrected chi connectivity index (χ1v) is 5.19. The van der Waals surface area contributed by atoms with Gasteiger partial charge in [-0.1, -0.05) is 0 Å². The first-order chi connectivity index (χ1) is 6.72. The number of nitrogens with two attached hydrogens (primary N) is 1. The van der Waals surface area contributed by atoms with Gasteiger partial charge in [0.2, 0.25) is 5.82 Å². The molecular formula is C8H9N3O2S. The predicted octanol–water partition coefficient (Wildman–Crippen LogP) is 0.592. The lowest BCUT2D eigenvalue weighted by atomic mass is 10.2. The first-order valence-electron chi connectivity index (χ1n) is 4.03. The van der Waals surface area contributed by atoms with Gasteiger partial charge in [-0.3, -0.25) is 0 Å². The number of methoxy groups -OCH3 is 1. The summed E-state index contributed by atoms with van der Waals surface area (Å²) < 4.78 is 4.52. The van der Waals surface area contributed by atoms with E-state index in [0.717, 1.165) is 22.8 Å². The topological polar surface area (TPSA) is 78.1 Å². The molecule has 0 saturated carbocycles. The van der Waals surface area contributed by atoms with Crippen molar-refractivity contribution in [2.75, 3.05) is 12.8 Å². The van der Waals surface area contributed by atoms with E-state index in [1.54, 1.807) is 11.8 Å². The van der Waals surface area contributed by atoms with E-state index in [9.17, 15) is 4.79 Å². The van der Waals surface area contributed by atoms with E-state index in [1.807, 2.05) is 0 Å². The number of hydrogen-bond donors (Lipinski definition) is 1. The maximum Gasteiger partial charge on any atom is 0.376 e. The SMILES string of the molecule is COC(=O)c1nc(N)c2c(n1)CSC2. The van der Waals surface area contributed by atoms with Crippen molar-refractivity contribution in [3.63, 3.8) is 0 Å². The molecule has 2 heterocycles. The number of aromatic nitrogens is 2. The molecule has 0 atom stereocenters. The van der Waals surface area contributed by atoms with Crippen molar-refractivity contribution in [2.24, 2.45) is 0 Å². The maximum atomic E-state index is 11.2. The van der Waals surface area contributed by atoms with Crippen LogP contribution in [-0.4, -0.2) is 23.0 Å². The third kappa shape index (κ3) is 1.41. The van der Waals surface area contributed by atoms with E-state index < -0.39 is 5.97 Å². The minimum atomic E-state index is -0.545. The van der Waals surface area contributed by atoms with E-state index in [1.165, 1.54) is 7.11 Å². The zero-order valence-electron chi connectivity index (χ0n) is 7.61. The van der Waals surface area contributed by atoms with Crippen LogP contribution < -0.4 is 5.73 Å². The van der Waals surface area contributed by atoms with Gasteiger partial charge < -0.3 is 10.5 Å². The highest BCUT2D eigenvalue weighted by atomic mass is 32.2.